The van der Waals surface area contributed by atoms with Gasteiger partial charge in [-0.2, -0.15) is 0 Å². The highest BCUT2D eigenvalue weighted by Crippen LogP contribution is 2.05. The molecule has 0 saturated carbocycles. The van der Waals surface area contributed by atoms with E-state index in [1.807, 2.05) is 24.3 Å². The lowest BCUT2D eigenvalue weighted by Gasteiger charge is -2.00. The highest BCUT2D eigenvalue weighted by molar-refractivity contribution is 6.40. The Morgan fingerprint density at radius 1 is 1.08 bits per heavy atom. The van der Waals surface area contributed by atoms with Gasteiger partial charge in [0, 0.05) is 6.32 Å². The van der Waals surface area contributed by atoms with Crippen LogP contribution < -0.4 is 0 Å². The van der Waals surface area contributed by atoms with Crippen LogP contribution in [-0.2, 0) is 12.7 Å². The molecule has 0 unspecified atom stereocenters. The summed E-state index contributed by atoms with van der Waals surface area (Å²) in [6.07, 6.45) is 1.33. The molecule has 3 heteroatoms. The quantitative estimate of drug-likeness (QED) is 0.648. The topological polar surface area (TPSA) is 40.5 Å². The van der Waals surface area contributed by atoms with Crippen LogP contribution in [0.5, 0.6) is 0 Å². The van der Waals surface area contributed by atoms with Crippen molar-refractivity contribution in [2.75, 3.05) is 0 Å². The Bertz CT molecular complexity index is 231. The first-order valence-corrected chi connectivity index (χ1v) is 4.16. The van der Waals surface area contributed by atoms with Crippen LogP contribution in [0.3, 0.4) is 0 Å². The maximum absolute atomic E-state index is 8.69. The monoisotopic (exact) mass is 164 g/mol. The van der Waals surface area contributed by atoms with Gasteiger partial charge < -0.3 is 10.0 Å². The van der Waals surface area contributed by atoms with E-state index in [0.29, 0.717) is 6.32 Å². The summed E-state index contributed by atoms with van der Waals surface area (Å²) in [6.45, 7) is 2.09. The summed E-state index contributed by atoms with van der Waals surface area (Å²) in [5, 5.41) is 17.4. The largest absolute Gasteiger partial charge is 0.456 e. The summed E-state index contributed by atoms with van der Waals surface area (Å²) in [7, 11) is -1.24. The zero-order chi connectivity index (χ0) is 8.97. The normalized spacial score (nSPS) is 9.92. The fraction of sp³-hybridized carbons (Fsp3) is 0.333. The highest BCUT2D eigenvalue weighted by atomic mass is 16.4. The summed E-state index contributed by atoms with van der Waals surface area (Å²) >= 11 is 0. The van der Waals surface area contributed by atoms with Crippen LogP contribution in [0.2, 0.25) is 0 Å². The SMILES string of the molecule is CCc1ccc(CB(O)O)cc1. The molecule has 0 bridgehead atoms. The molecular weight excluding hydrogens is 151 g/mol. The van der Waals surface area contributed by atoms with E-state index in [1.54, 1.807) is 0 Å². The standard InChI is InChI=1S/C9H13BO2/c1-2-8-3-5-9(6-4-8)7-10(11)12/h3-6,11-12H,2,7H2,1H3. The van der Waals surface area contributed by atoms with Crippen LogP contribution in [0.15, 0.2) is 24.3 Å². The molecule has 0 fully saturated rings. The lowest BCUT2D eigenvalue weighted by Crippen LogP contribution is -2.14. The van der Waals surface area contributed by atoms with Crippen molar-refractivity contribution in [2.45, 2.75) is 19.7 Å². The average molecular weight is 164 g/mol. The van der Waals surface area contributed by atoms with Gasteiger partial charge in [0.2, 0.25) is 0 Å². The van der Waals surface area contributed by atoms with E-state index in [4.69, 9.17) is 10.0 Å². The molecule has 64 valence electrons. The Kier molecular flexibility index (Phi) is 3.32. The van der Waals surface area contributed by atoms with Gasteiger partial charge in [-0.25, -0.2) is 0 Å². The minimum absolute atomic E-state index is 0.310. The third-order valence-electron chi connectivity index (χ3n) is 1.85. The van der Waals surface area contributed by atoms with Crippen LogP contribution >= 0.6 is 0 Å². The Balaban J connectivity index is 2.65. The number of benzene rings is 1. The summed E-state index contributed by atoms with van der Waals surface area (Å²) < 4.78 is 0. The minimum atomic E-state index is -1.24. The molecule has 1 aromatic carbocycles. The van der Waals surface area contributed by atoms with Crippen molar-refractivity contribution in [1.29, 1.82) is 0 Å². The Morgan fingerprint density at radius 2 is 1.58 bits per heavy atom. The lowest BCUT2D eigenvalue weighted by atomic mass is 9.82. The Morgan fingerprint density at radius 3 is 2.00 bits per heavy atom. The van der Waals surface area contributed by atoms with E-state index in [0.717, 1.165) is 12.0 Å². The van der Waals surface area contributed by atoms with Gasteiger partial charge in [-0.15, -0.1) is 0 Å². The Labute approximate surface area is 73.0 Å². The van der Waals surface area contributed by atoms with Gasteiger partial charge in [0.15, 0.2) is 0 Å². The molecule has 1 aromatic rings. The number of aryl methyl sites for hydroxylation is 1. The molecule has 0 spiro atoms. The van der Waals surface area contributed by atoms with Crippen LogP contribution in [0, 0.1) is 0 Å². The summed E-state index contributed by atoms with van der Waals surface area (Å²) in [4.78, 5) is 0. The molecule has 1 rings (SSSR count). The van der Waals surface area contributed by atoms with E-state index in [1.165, 1.54) is 5.56 Å². The smallest absolute Gasteiger partial charge is 0.427 e. The number of hydrogen-bond donors (Lipinski definition) is 2. The molecular formula is C9H13BO2. The number of hydrogen-bond acceptors (Lipinski definition) is 2. The van der Waals surface area contributed by atoms with Crippen molar-refractivity contribution in [2.24, 2.45) is 0 Å². The molecule has 0 aliphatic rings. The van der Waals surface area contributed by atoms with Gasteiger partial charge >= 0.3 is 7.12 Å². The zero-order valence-electron chi connectivity index (χ0n) is 7.20. The van der Waals surface area contributed by atoms with Crippen molar-refractivity contribution in [3.8, 4) is 0 Å². The molecule has 0 amide bonds. The average Bonchev–Trinajstić information content (AvgIpc) is 2.05. The third kappa shape index (κ3) is 2.68. The van der Waals surface area contributed by atoms with Gasteiger partial charge in [0.05, 0.1) is 0 Å². The van der Waals surface area contributed by atoms with Crippen LogP contribution in [0.1, 0.15) is 18.1 Å². The molecule has 12 heavy (non-hydrogen) atoms. The second-order valence-electron chi connectivity index (χ2n) is 2.85. The maximum atomic E-state index is 8.69. The summed E-state index contributed by atoms with van der Waals surface area (Å²) in [5.41, 5.74) is 2.23. The third-order valence-corrected chi connectivity index (χ3v) is 1.85. The summed E-state index contributed by atoms with van der Waals surface area (Å²) in [6, 6.07) is 7.88. The number of rotatable bonds is 3. The fourth-order valence-corrected chi connectivity index (χ4v) is 1.12. The van der Waals surface area contributed by atoms with Crippen LogP contribution in [-0.4, -0.2) is 17.2 Å². The second kappa shape index (κ2) is 4.29. The molecule has 0 aliphatic heterocycles. The molecule has 2 nitrogen and oxygen atoms in total. The minimum Gasteiger partial charge on any atom is -0.427 e. The Hall–Kier alpha value is -0.795. The van der Waals surface area contributed by atoms with Crippen LogP contribution in [0.4, 0.5) is 0 Å². The van der Waals surface area contributed by atoms with Crippen molar-refractivity contribution >= 4 is 7.12 Å². The molecule has 0 heterocycles. The fourth-order valence-electron chi connectivity index (χ4n) is 1.12. The second-order valence-corrected chi connectivity index (χ2v) is 2.85. The predicted molar refractivity (Wildman–Crippen MR) is 49.7 cm³/mol. The van der Waals surface area contributed by atoms with E-state index in [2.05, 4.69) is 6.92 Å². The zero-order valence-corrected chi connectivity index (χ0v) is 7.20. The first-order valence-electron chi connectivity index (χ1n) is 4.16. The summed E-state index contributed by atoms with van der Waals surface area (Å²) in [5.74, 6) is 0. The van der Waals surface area contributed by atoms with Crippen molar-refractivity contribution in [1.82, 2.24) is 0 Å². The molecule has 0 aliphatic carbocycles. The maximum Gasteiger partial charge on any atom is 0.456 e. The first-order chi connectivity index (χ1) is 5.72. The van der Waals surface area contributed by atoms with Gasteiger partial charge in [-0.3, -0.25) is 0 Å². The predicted octanol–water partition coefficient (Wildman–Crippen LogP) is 0.803. The van der Waals surface area contributed by atoms with E-state index in [-0.39, 0.29) is 0 Å². The van der Waals surface area contributed by atoms with Gasteiger partial charge in [-0.05, 0) is 12.0 Å². The molecule has 0 radical (unpaired) electrons. The lowest BCUT2D eigenvalue weighted by molar-refractivity contribution is 0.405. The molecule has 2 N–H and O–H groups in total. The molecule has 0 aromatic heterocycles. The van der Waals surface area contributed by atoms with Crippen LogP contribution in [0.25, 0.3) is 0 Å². The van der Waals surface area contributed by atoms with Gasteiger partial charge in [0.25, 0.3) is 0 Å². The highest BCUT2D eigenvalue weighted by Gasteiger charge is 2.06. The van der Waals surface area contributed by atoms with Gasteiger partial charge in [0.1, 0.15) is 0 Å². The first kappa shape index (κ1) is 9.29. The van der Waals surface area contributed by atoms with E-state index in [9.17, 15) is 0 Å². The van der Waals surface area contributed by atoms with Crippen molar-refractivity contribution in [3.63, 3.8) is 0 Å². The van der Waals surface area contributed by atoms with Gasteiger partial charge in [-0.1, -0.05) is 36.8 Å². The van der Waals surface area contributed by atoms with E-state index < -0.39 is 7.12 Å². The van der Waals surface area contributed by atoms with E-state index >= 15 is 0 Å². The van der Waals surface area contributed by atoms with Crippen molar-refractivity contribution < 1.29 is 10.0 Å². The van der Waals surface area contributed by atoms with Crippen molar-refractivity contribution in [3.05, 3.63) is 35.4 Å². The molecule has 0 atom stereocenters. The molecule has 0 saturated heterocycles.